The molecule has 0 unspecified atom stereocenters. The lowest BCUT2D eigenvalue weighted by Gasteiger charge is -2.08. The number of fused-ring (bicyclic) bond motifs is 1. The van der Waals surface area contributed by atoms with Crippen molar-refractivity contribution in [2.24, 2.45) is 0 Å². The van der Waals surface area contributed by atoms with Crippen LogP contribution in [0, 0.1) is 6.92 Å². The van der Waals surface area contributed by atoms with E-state index in [0.29, 0.717) is 22.5 Å². The van der Waals surface area contributed by atoms with Crippen LogP contribution in [0.15, 0.2) is 30.9 Å². The van der Waals surface area contributed by atoms with E-state index in [9.17, 15) is 4.79 Å². The Balaban J connectivity index is 1.97. The Morgan fingerprint density at radius 3 is 2.90 bits per heavy atom. The topological polar surface area (TPSA) is 104 Å². The molecule has 1 aromatic carbocycles. The SMILES string of the molecule is Cc1cc(Nc2ncnc3nc[nH]c23)ccc1C(=O)O. The van der Waals surface area contributed by atoms with E-state index < -0.39 is 5.97 Å². The molecule has 0 amide bonds. The number of aromatic amines is 1. The minimum Gasteiger partial charge on any atom is -0.478 e. The summed E-state index contributed by atoms with van der Waals surface area (Å²) in [5.41, 5.74) is 2.98. The Hall–Kier alpha value is -2.96. The van der Waals surface area contributed by atoms with Crippen LogP contribution < -0.4 is 5.32 Å². The van der Waals surface area contributed by atoms with E-state index in [1.54, 1.807) is 31.5 Å². The zero-order chi connectivity index (χ0) is 14.1. The molecule has 100 valence electrons. The number of carbonyl (C=O) groups is 1. The maximum Gasteiger partial charge on any atom is 0.335 e. The van der Waals surface area contributed by atoms with Gasteiger partial charge in [-0.2, -0.15) is 0 Å². The fraction of sp³-hybridized carbons (Fsp3) is 0.0769. The number of nitrogens with zero attached hydrogens (tertiary/aromatic N) is 3. The van der Waals surface area contributed by atoms with Gasteiger partial charge in [0.05, 0.1) is 11.9 Å². The Bertz CT molecular complexity index is 796. The van der Waals surface area contributed by atoms with Gasteiger partial charge in [0.15, 0.2) is 11.5 Å². The number of carboxylic acid groups (broad SMARTS) is 1. The third kappa shape index (κ3) is 2.05. The number of nitrogens with one attached hydrogen (secondary N) is 2. The van der Waals surface area contributed by atoms with E-state index in [4.69, 9.17) is 5.11 Å². The van der Waals surface area contributed by atoms with Gasteiger partial charge in [0.25, 0.3) is 0 Å². The number of aryl methyl sites for hydroxylation is 1. The van der Waals surface area contributed by atoms with Crippen LogP contribution in [0.2, 0.25) is 0 Å². The van der Waals surface area contributed by atoms with Crippen LogP contribution in [0.1, 0.15) is 15.9 Å². The summed E-state index contributed by atoms with van der Waals surface area (Å²) in [5.74, 6) is -0.345. The smallest absolute Gasteiger partial charge is 0.335 e. The summed E-state index contributed by atoms with van der Waals surface area (Å²) < 4.78 is 0. The third-order valence-corrected chi connectivity index (χ3v) is 2.94. The normalized spacial score (nSPS) is 10.7. The zero-order valence-corrected chi connectivity index (χ0v) is 10.6. The van der Waals surface area contributed by atoms with Crippen molar-refractivity contribution in [3.8, 4) is 0 Å². The number of anilines is 2. The molecule has 0 atom stereocenters. The Kier molecular flexibility index (Phi) is 2.79. The van der Waals surface area contributed by atoms with Crippen LogP contribution >= 0.6 is 0 Å². The average Bonchev–Trinajstić information content (AvgIpc) is 2.87. The number of imidazole rings is 1. The molecule has 2 aromatic heterocycles. The molecule has 2 heterocycles. The largest absolute Gasteiger partial charge is 0.478 e. The monoisotopic (exact) mass is 269 g/mol. The quantitative estimate of drug-likeness (QED) is 0.672. The molecule has 0 aliphatic carbocycles. The van der Waals surface area contributed by atoms with Gasteiger partial charge in [-0.05, 0) is 30.7 Å². The van der Waals surface area contributed by atoms with Crippen LogP contribution in [-0.2, 0) is 0 Å². The van der Waals surface area contributed by atoms with Gasteiger partial charge in [-0.25, -0.2) is 19.7 Å². The van der Waals surface area contributed by atoms with Crippen molar-refractivity contribution in [3.63, 3.8) is 0 Å². The lowest BCUT2D eigenvalue weighted by molar-refractivity contribution is 0.0696. The molecular formula is C13H11N5O2. The molecule has 0 bridgehead atoms. The van der Waals surface area contributed by atoms with Crippen molar-refractivity contribution in [1.82, 2.24) is 19.9 Å². The number of H-pyrrole nitrogens is 1. The van der Waals surface area contributed by atoms with Gasteiger partial charge >= 0.3 is 5.97 Å². The van der Waals surface area contributed by atoms with Crippen molar-refractivity contribution in [2.45, 2.75) is 6.92 Å². The average molecular weight is 269 g/mol. The highest BCUT2D eigenvalue weighted by molar-refractivity contribution is 5.90. The number of carboxylic acids is 1. The number of aromatic carboxylic acids is 1. The zero-order valence-electron chi connectivity index (χ0n) is 10.6. The summed E-state index contributed by atoms with van der Waals surface area (Å²) in [6.07, 6.45) is 2.97. The first-order chi connectivity index (χ1) is 9.65. The van der Waals surface area contributed by atoms with Crippen LogP contribution in [0.4, 0.5) is 11.5 Å². The number of rotatable bonds is 3. The summed E-state index contributed by atoms with van der Waals surface area (Å²) in [5, 5.41) is 12.1. The van der Waals surface area contributed by atoms with Gasteiger partial charge < -0.3 is 15.4 Å². The molecule has 0 saturated heterocycles. The number of benzene rings is 1. The maximum atomic E-state index is 11.0. The molecule has 0 saturated carbocycles. The van der Waals surface area contributed by atoms with E-state index in [1.807, 2.05) is 0 Å². The van der Waals surface area contributed by atoms with Gasteiger partial charge in [0.1, 0.15) is 11.8 Å². The van der Waals surface area contributed by atoms with E-state index in [1.165, 1.54) is 6.33 Å². The highest BCUT2D eigenvalue weighted by Crippen LogP contribution is 2.22. The molecule has 3 N–H and O–H groups in total. The first-order valence-electron chi connectivity index (χ1n) is 5.90. The molecule has 0 aliphatic rings. The molecule has 0 radical (unpaired) electrons. The highest BCUT2D eigenvalue weighted by atomic mass is 16.4. The van der Waals surface area contributed by atoms with Gasteiger partial charge in [-0.15, -0.1) is 0 Å². The predicted octanol–water partition coefficient (Wildman–Crippen LogP) is 2.10. The summed E-state index contributed by atoms with van der Waals surface area (Å²) >= 11 is 0. The number of aromatic nitrogens is 4. The minimum absolute atomic E-state index is 0.282. The summed E-state index contributed by atoms with van der Waals surface area (Å²) in [4.78, 5) is 26.2. The molecule has 0 aliphatic heterocycles. The van der Waals surface area contributed by atoms with E-state index in [-0.39, 0.29) is 5.56 Å². The minimum atomic E-state index is -0.938. The van der Waals surface area contributed by atoms with E-state index in [2.05, 4.69) is 25.3 Å². The molecule has 0 fully saturated rings. The van der Waals surface area contributed by atoms with Crippen molar-refractivity contribution >= 4 is 28.6 Å². The number of hydrogen-bond acceptors (Lipinski definition) is 5. The Morgan fingerprint density at radius 1 is 1.30 bits per heavy atom. The van der Waals surface area contributed by atoms with E-state index >= 15 is 0 Å². The van der Waals surface area contributed by atoms with Crippen LogP contribution in [0.25, 0.3) is 11.2 Å². The van der Waals surface area contributed by atoms with Crippen molar-refractivity contribution in [3.05, 3.63) is 42.0 Å². The molecular weight excluding hydrogens is 258 g/mol. The second-order valence-corrected chi connectivity index (χ2v) is 4.28. The second-order valence-electron chi connectivity index (χ2n) is 4.28. The summed E-state index contributed by atoms with van der Waals surface area (Å²) in [6.45, 7) is 1.75. The van der Waals surface area contributed by atoms with Gasteiger partial charge in [-0.1, -0.05) is 0 Å². The van der Waals surface area contributed by atoms with Gasteiger partial charge in [-0.3, -0.25) is 0 Å². The van der Waals surface area contributed by atoms with E-state index in [0.717, 1.165) is 5.69 Å². The second kappa shape index (κ2) is 4.61. The predicted molar refractivity (Wildman–Crippen MR) is 73.1 cm³/mol. The molecule has 7 heteroatoms. The van der Waals surface area contributed by atoms with Gasteiger partial charge in [0, 0.05) is 5.69 Å². The van der Waals surface area contributed by atoms with Crippen molar-refractivity contribution in [1.29, 1.82) is 0 Å². The van der Waals surface area contributed by atoms with Crippen LogP contribution in [0.3, 0.4) is 0 Å². The standard InChI is InChI=1S/C13H11N5O2/c1-7-4-8(2-3-9(7)13(19)20)18-12-10-11(15-5-14-10)16-6-17-12/h2-6H,1H3,(H,19,20)(H2,14,15,16,17,18). The van der Waals surface area contributed by atoms with Gasteiger partial charge in [0.2, 0.25) is 0 Å². The molecule has 0 spiro atoms. The lowest BCUT2D eigenvalue weighted by atomic mass is 10.1. The maximum absolute atomic E-state index is 11.0. The molecule has 20 heavy (non-hydrogen) atoms. The highest BCUT2D eigenvalue weighted by Gasteiger charge is 2.09. The first kappa shape index (κ1) is 12.1. The van der Waals surface area contributed by atoms with Crippen LogP contribution in [-0.4, -0.2) is 31.0 Å². The lowest BCUT2D eigenvalue weighted by Crippen LogP contribution is -2.01. The third-order valence-electron chi connectivity index (χ3n) is 2.94. The number of hydrogen-bond donors (Lipinski definition) is 3. The summed E-state index contributed by atoms with van der Waals surface area (Å²) in [6, 6.07) is 5.01. The molecule has 7 nitrogen and oxygen atoms in total. The fourth-order valence-corrected chi connectivity index (χ4v) is 1.98. The molecule has 3 rings (SSSR count). The van der Waals surface area contributed by atoms with Crippen molar-refractivity contribution < 1.29 is 9.90 Å². The fourth-order valence-electron chi connectivity index (χ4n) is 1.98. The Morgan fingerprint density at radius 2 is 2.15 bits per heavy atom. The Labute approximate surface area is 113 Å². The van der Waals surface area contributed by atoms with Crippen LogP contribution in [0.5, 0.6) is 0 Å². The van der Waals surface area contributed by atoms with Crippen molar-refractivity contribution in [2.75, 3.05) is 5.32 Å². The summed E-state index contributed by atoms with van der Waals surface area (Å²) in [7, 11) is 0. The first-order valence-corrected chi connectivity index (χ1v) is 5.90. The molecule has 3 aromatic rings.